The number of nitrogens with one attached hydrogen (secondary N) is 1. The smallest absolute Gasteiger partial charge is 0.274 e. The molecule has 166 valence electrons. The van der Waals surface area contributed by atoms with Crippen molar-refractivity contribution in [3.8, 4) is 0 Å². The number of carbonyl (C=O) groups excluding carboxylic acids is 2. The molecule has 1 aliphatic carbocycles. The van der Waals surface area contributed by atoms with Crippen molar-refractivity contribution in [3.05, 3.63) is 65.0 Å². The summed E-state index contributed by atoms with van der Waals surface area (Å²) in [4.78, 5) is 32.2. The molecule has 7 heteroatoms. The molecule has 0 radical (unpaired) electrons. The van der Waals surface area contributed by atoms with Crippen LogP contribution in [0.15, 0.2) is 42.5 Å². The highest BCUT2D eigenvalue weighted by Crippen LogP contribution is 2.44. The van der Waals surface area contributed by atoms with Gasteiger partial charge >= 0.3 is 0 Å². The molecule has 7 nitrogen and oxygen atoms in total. The summed E-state index contributed by atoms with van der Waals surface area (Å²) in [5.41, 5.74) is 6.03. The third kappa shape index (κ3) is 3.28. The number of aryl methyl sites for hydroxylation is 1. The number of aromatic nitrogens is 2. The average Bonchev–Trinajstić information content (AvgIpc) is 3.31. The second-order valence-corrected chi connectivity index (χ2v) is 9.34. The van der Waals surface area contributed by atoms with E-state index in [1.54, 1.807) is 11.5 Å². The van der Waals surface area contributed by atoms with Crippen LogP contribution >= 0.6 is 0 Å². The van der Waals surface area contributed by atoms with E-state index in [4.69, 9.17) is 10.2 Å². The van der Waals surface area contributed by atoms with Crippen LogP contribution in [0.5, 0.6) is 0 Å². The Morgan fingerprint density at radius 3 is 2.78 bits per heavy atom. The summed E-state index contributed by atoms with van der Waals surface area (Å²) < 4.78 is 2.23. The van der Waals surface area contributed by atoms with Crippen LogP contribution in [0, 0.1) is 5.41 Å². The van der Waals surface area contributed by atoms with Gasteiger partial charge in [0.1, 0.15) is 5.82 Å². The molecule has 32 heavy (non-hydrogen) atoms. The predicted molar refractivity (Wildman–Crippen MR) is 120 cm³/mol. The lowest BCUT2D eigenvalue weighted by Crippen LogP contribution is -2.39. The van der Waals surface area contributed by atoms with Gasteiger partial charge in [-0.25, -0.2) is 10.5 Å². The Balaban J connectivity index is 1.39. The van der Waals surface area contributed by atoms with Crippen LogP contribution in [-0.2, 0) is 24.2 Å². The Labute approximate surface area is 187 Å². The van der Waals surface area contributed by atoms with E-state index in [9.17, 15) is 9.59 Å². The van der Waals surface area contributed by atoms with Gasteiger partial charge in [0.25, 0.3) is 5.91 Å². The molecular formula is C25H28N4O3. The topological polar surface area (TPSA) is 87.5 Å². The minimum atomic E-state index is -0.510. The first kappa shape index (κ1) is 20.7. The average molecular weight is 433 g/mol. The SMILES string of the molecule is CC(C)n1c(CN2CC[C@]3(CCc4cc(C(=O)NO)ccc4C3)C2=O)nc2ccccc21. The van der Waals surface area contributed by atoms with Gasteiger partial charge in [-0.3, -0.25) is 14.8 Å². The van der Waals surface area contributed by atoms with E-state index in [1.165, 1.54) is 0 Å². The van der Waals surface area contributed by atoms with E-state index < -0.39 is 5.91 Å². The van der Waals surface area contributed by atoms with Crippen LogP contribution in [0.3, 0.4) is 0 Å². The maximum Gasteiger partial charge on any atom is 0.274 e. The maximum atomic E-state index is 13.6. The Kier molecular flexibility index (Phi) is 5.01. The molecule has 1 atom stereocenters. The van der Waals surface area contributed by atoms with Crippen LogP contribution in [-0.4, -0.2) is 38.0 Å². The number of hydrogen-bond acceptors (Lipinski definition) is 4. The van der Waals surface area contributed by atoms with Crippen molar-refractivity contribution in [2.45, 2.75) is 52.1 Å². The molecule has 2 aliphatic rings. The number of nitrogens with zero attached hydrogens (tertiary/aromatic N) is 3. The third-order valence-corrected chi connectivity index (χ3v) is 7.09. The van der Waals surface area contributed by atoms with Gasteiger partial charge in [-0.1, -0.05) is 18.2 Å². The highest BCUT2D eigenvalue weighted by molar-refractivity contribution is 5.93. The molecule has 2 N–H and O–H groups in total. The van der Waals surface area contributed by atoms with E-state index in [-0.39, 0.29) is 17.4 Å². The number of amides is 2. The van der Waals surface area contributed by atoms with Gasteiger partial charge in [-0.05, 0) is 74.9 Å². The van der Waals surface area contributed by atoms with Crippen LogP contribution < -0.4 is 5.48 Å². The minimum absolute atomic E-state index is 0.211. The highest BCUT2D eigenvalue weighted by Gasteiger charge is 2.48. The lowest BCUT2D eigenvalue weighted by atomic mass is 9.70. The highest BCUT2D eigenvalue weighted by atomic mass is 16.5. The molecule has 1 spiro atoms. The number of benzene rings is 2. The van der Waals surface area contributed by atoms with E-state index >= 15 is 0 Å². The van der Waals surface area contributed by atoms with Crippen molar-refractivity contribution in [2.24, 2.45) is 5.41 Å². The summed E-state index contributed by atoms with van der Waals surface area (Å²) >= 11 is 0. The van der Waals surface area contributed by atoms with Crippen molar-refractivity contribution in [1.82, 2.24) is 19.9 Å². The zero-order valence-electron chi connectivity index (χ0n) is 18.5. The Morgan fingerprint density at radius 1 is 1.19 bits per heavy atom. The van der Waals surface area contributed by atoms with Gasteiger partial charge in [-0.2, -0.15) is 0 Å². The fourth-order valence-electron chi connectivity index (χ4n) is 5.46. The number of hydroxylamine groups is 1. The van der Waals surface area contributed by atoms with E-state index in [1.807, 2.05) is 35.2 Å². The first-order valence-corrected chi connectivity index (χ1v) is 11.2. The van der Waals surface area contributed by atoms with E-state index in [2.05, 4.69) is 24.5 Å². The lowest BCUT2D eigenvalue weighted by molar-refractivity contribution is -0.137. The third-order valence-electron chi connectivity index (χ3n) is 7.09. The number of fused-ring (bicyclic) bond motifs is 2. The number of rotatable bonds is 4. The second kappa shape index (κ2) is 7.74. The standard InChI is InChI=1S/C25H28N4O3/c1-16(2)29-21-6-4-3-5-20(21)26-22(29)15-28-12-11-25(24(28)31)10-9-17-13-18(23(30)27-32)7-8-19(17)14-25/h3-8,13,16,32H,9-12,14-15H2,1-2H3,(H,27,30)/t25-/m0/s1. The van der Waals surface area contributed by atoms with Gasteiger partial charge in [0.2, 0.25) is 5.91 Å². The molecule has 0 unspecified atom stereocenters. The van der Waals surface area contributed by atoms with Gasteiger partial charge in [0.05, 0.1) is 23.0 Å². The molecule has 2 aromatic carbocycles. The number of carbonyl (C=O) groups is 2. The largest absolute Gasteiger partial charge is 0.335 e. The Bertz CT molecular complexity index is 1220. The van der Waals surface area contributed by atoms with Gasteiger partial charge in [-0.15, -0.1) is 0 Å². The zero-order chi connectivity index (χ0) is 22.5. The summed E-state index contributed by atoms with van der Waals surface area (Å²) in [6.07, 6.45) is 3.07. The molecule has 0 saturated carbocycles. The van der Waals surface area contributed by atoms with Gasteiger partial charge < -0.3 is 9.47 Å². The van der Waals surface area contributed by atoms with Crippen molar-refractivity contribution >= 4 is 22.8 Å². The normalized spacial score (nSPS) is 20.4. The molecule has 1 aliphatic heterocycles. The van der Waals surface area contributed by atoms with Crippen LogP contribution in [0.2, 0.25) is 0 Å². The lowest BCUT2D eigenvalue weighted by Gasteiger charge is -2.33. The minimum Gasteiger partial charge on any atom is -0.335 e. The summed E-state index contributed by atoms with van der Waals surface area (Å²) in [5, 5.41) is 8.89. The fraction of sp³-hybridized carbons (Fsp3) is 0.400. The van der Waals surface area contributed by atoms with Crippen LogP contribution in [0.1, 0.15) is 60.0 Å². The molecule has 5 rings (SSSR count). The molecule has 2 heterocycles. The quantitative estimate of drug-likeness (QED) is 0.487. The fourth-order valence-corrected chi connectivity index (χ4v) is 5.46. The van der Waals surface area contributed by atoms with Gasteiger partial charge in [0.15, 0.2) is 0 Å². The molecule has 0 bridgehead atoms. The number of para-hydroxylation sites is 2. The van der Waals surface area contributed by atoms with Crippen LogP contribution in [0.25, 0.3) is 11.0 Å². The van der Waals surface area contributed by atoms with E-state index in [0.29, 0.717) is 18.5 Å². The first-order chi connectivity index (χ1) is 15.4. The van der Waals surface area contributed by atoms with Crippen molar-refractivity contribution < 1.29 is 14.8 Å². The molecule has 1 aromatic heterocycles. The van der Waals surface area contributed by atoms with Gasteiger partial charge in [0, 0.05) is 18.2 Å². The van der Waals surface area contributed by atoms with Crippen molar-refractivity contribution in [3.63, 3.8) is 0 Å². The summed E-state index contributed by atoms with van der Waals surface area (Å²) in [6, 6.07) is 13.9. The van der Waals surface area contributed by atoms with Crippen molar-refractivity contribution in [2.75, 3.05) is 6.54 Å². The summed E-state index contributed by atoms with van der Waals surface area (Å²) in [6.45, 7) is 5.55. The monoisotopic (exact) mass is 432 g/mol. The number of likely N-dealkylation sites (tertiary alicyclic amines) is 1. The molecule has 3 aromatic rings. The molecular weight excluding hydrogens is 404 g/mol. The maximum absolute atomic E-state index is 13.6. The predicted octanol–water partition coefficient (Wildman–Crippen LogP) is 3.64. The van der Waals surface area contributed by atoms with E-state index in [0.717, 1.165) is 53.8 Å². The molecule has 2 amide bonds. The molecule has 1 fully saturated rings. The first-order valence-electron chi connectivity index (χ1n) is 11.2. The second-order valence-electron chi connectivity index (χ2n) is 9.34. The number of hydrogen-bond donors (Lipinski definition) is 2. The van der Waals surface area contributed by atoms with Crippen LogP contribution in [0.4, 0.5) is 0 Å². The zero-order valence-corrected chi connectivity index (χ0v) is 18.5. The van der Waals surface area contributed by atoms with Crippen molar-refractivity contribution in [1.29, 1.82) is 0 Å². The summed E-state index contributed by atoms with van der Waals surface area (Å²) in [5.74, 6) is 0.634. The Morgan fingerprint density at radius 2 is 2.00 bits per heavy atom. The number of imidazole rings is 1. The molecule has 1 saturated heterocycles. The summed E-state index contributed by atoms with van der Waals surface area (Å²) in [7, 11) is 0. The Hall–Kier alpha value is -3.19.